The highest BCUT2D eigenvalue weighted by Gasteiger charge is 2.25. The summed E-state index contributed by atoms with van der Waals surface area (Å²) in [6.45, 7) is 5.91. The van der Waals surface area contributed by atoms with Crippen LogP contribution in [0, 0.1) is 27.4 Å². The third kappa shape index (κ3) is 2.99. The fourth-order valence-corrected chi connectivity index (χ4v) is 2.61. The fraction of sp³-hybridized carbons (Fsp3) is 0.462. The van der Waals surface area contributed by atoms with Crippen molar-refractivity contribution in [2.24, 2.45) is 5.92 Å². The molecular formula is C13H15ClN2O2. The first-order chi connectivity index (χ1) is 8.38. The second kappa shape index (κ2) is 5.83. The normalized spacial score (nSPS) is 14.0. The predicted molar refractivity (Wildman–Crippen MR) is 70.7 cm³/mol. The molecule has 0 saturated carbocycles. The van der Waals surface area contributed by atoms with E-state index in [0.29, 0.717) is 5.56 Å². The van der Waals surface area contributed by atoms with Crippen LogP contribution >= 0.6 is 11.6 Å². The molecule has 5 heteroatoms. The molecule has 96 valence electrons. The molecule has 1 aromatic rings. The lowest BCUT2D eigenvalue weighted by Gasteiger charge is -2.24. The number of benzene rings is 1. The first-order valence-corrected chi connectivity index (χ1v) is 6.14. The molecule has 0 spiro atoms. The van der Waals surface area contributed by atoms with Gasteiger partial charge in [-0.3, -0.25) is 10.1 Å². The van der Waals surface area contributed by atoms with Crippen LogP contribution in [-0.4, -0.2) is 10.3 Å². The van der Waals surface area contributed by atoms with Crippen molar-refractivity contribution in [1.29, 1.82) is 5.26 Å². The standard InChI is InChI=1S/C13H15ClN2O2/c1-8(2)13(9(3)14)12-5-4-11(16(17)18)6-10(12)7-15/h4-6,8-9,13H,1-3H3. The average Bonchev–Trinajstić information content (AvgIpc) is 2.28. The van der Waals surface area contributed by atoms with Crippen molar-refractivity contribution in [1.82, 2.24) is 0 Å². The average molecular weight is 267 g/mol. The van der Waals surface area contributed by atoms with Gasteiger partial charge in [0.1, 0.15) is 0 Å². The summed E-state index contributed by atoms with van der Waals surface area (Å²) in [5.41, 5.74) is 1.04. The second-order valence-corrected chi connectivity index (χ2v) is 5.28. The van der Waals surface area contributed by atoms with Crippen molar-refractivity contribution in [3.63, 3.8) is 0 Å². The van der Waals surface area contributed by atoms with E-state index >= 15 is 0 Å². The summed E-state index contributed by atoms with van der Waals surface area (Å²) in [5.74, 6) is 0.258. The SMILES string of the molecule is CC(C)C(c1ccc([N+](=O)[O-])cc1C#N)C(C)Cl. The number of nitro benzene ring substituents is 1. The molecule has 4 nitrogen and oxygen atoms in total. The van der Waals surface area contributed by atoms with E-state index in [1.165, 1.54) is 12.1 Å². The van der Waals surface area contributed by atoms with Gasteiger partial charge in [-0.2, -0.15) is 5.26 Å². The number of nitrogens with zero attached hydrogens (tertiary/aromatic N) is 2. The Morgan fingerprint density at radius 3 is 2.39 bits per heavy atom. The molecule has 0 saturated heterocycles. The minimum Gasteiger partial charge on any atom is -0.258 e. The Morgan fingerprint density at radius 1 is 1.39 bits per heavy atom. The van der Waals surface area contributed by atoms with E-state index in [4.69, 9.17) is 16.9 Å². The minimum absolute atomic E-state index is 0.00196. The molecule has 1 aromatic carbocycles. The van der Waals surface area contributed by atoms with Gasteiger partial charge in [0.15, 0.2) is 0 Å². The zero-order valence-electron chi connectivity index (χ0n) is 10.6. The first-order valence-electron chi connectivity index (χ1n) is 5.71. The maximum atomic E-state index is 10.7. The van der Waals surface area contributed by atoms with E-state index in [0.717, 1.165) is 5.56 Å². The number of non-ortho nitro benzene ring substituents is 1. The second-order valence-electron chi connectivity index (χ2n) is 4.59. The molecule has 0 fully saturated rings. The van der Waals surface area contributed by atoms with Crippen molar-refractivity contribution in [3.05, 3.63) is 39.4 Å². The Balaban J connectivity index is 3.32. The molecule has 0 aliphatic carbocycles. The van der Waals surface area contributed by atoms with Gasteiger partial charge in [-0.25, -0.2) is 0 Å². The largest absolute Gasteiger partial charge is 0.270 e. The van der Waals surface area contributed by atoms with Crippen LogP contribution in [0.15, 0.2) is 18.2 Å². The summed E-state index contributed by atoms with van der Waals surface area (Å²) in [5, 5.41) is 19.7. The van der Waals surface area contributed by atoms with Crippen LogP contribution in [0.1, 0.15) is 37.8 Å². The Labute approximate surface area is 111 Å². The molecule has 1 rings (SSSR count). The van der Waals surface area contributed by atoms with Crippen molar-refractivity contribution in [2.75, 3.05) is 0 Å². The zero-order valence-corrected chi connectivity index (χ0v) is 11.3. The summed E-state index contributed by atoms with van der Waals surface area (Å²) in [4.78, 5) is 10.2. The van der Waals surface area contributed by atoms with Gasteiger partial charge in [0, 0.05) is 23.4 Å². The number of nitro groups is 1. The van der Waals surface area contributed by atoms with Gasteiger partial charge in [0.25, 0.3) is 5.69 Å². The third-order valence-electron chi connectivity index (χ3n) is 2.94. The molecule has 0 amide bonds. The van der Waals surface area contributed by atoms with Crippen LogP contribution < -0.4 is 0 Å². The maximum absolute atomic E-state index is 10.7. The van der Waals surface area contributed by atoms with Crippen LogP contribution in [0.25, 0.3) is 0 Å². The Hall–Kier alpha value is -1.60. The lowest BCUT2D eigenvalue weighted by molar-refractivity contribution is -0.384. The Morgan fingerprint density at radius 2 is 2.00 bits per heavy atom. The van der Waals surface area contributed by atoms with E-state index in [1.54, 1.807) is 6.07 Å². The van der Waals surface area contributed by atoms with Gasteiger partial charge >= 0.3 is 0 Å². The third-order valence-corrected chi connectivity index (χ3v) is 3.21. The molecule has 2 unspecified atom stereocenters. The predicted octanol–water partition coefficient (Wildman–Crippen LogP) is 3.83. The van der Waals surface area contributed by atoms with E-state index in [9.17, 15) is 10.1 Å². The maximum Gasteiger partial charge on any atom is 0.270 e. The number of alkyl halides is 1. The summed E-state index contributed by atoms with van der Waals surface area (Å²) in [6.07, 6.45) is 0. The summed E-state index contributed by atoms with van der Waals surface area (Å²) in [7, 11) is 0. The van der Waals surface area contributed by atoms with Gasteiger partial charge < -0.3 is 0 Å². The first kappa shape index (κ1) is 14.5. The fourth-order valence-electron chi connectivity index (χ4n) is 2.18. The van der Waals surface area contributed by atoms with Crippen molar-refractivity contribution in [3.8, 4) is 6.07 Å². The molecule has 2 atom stereocenters. The molecule has 0 aromatic heterocycles. The van der Waals surface area contributed by atoms with Crippen molar-refractivity contribution in [2.45, 2.75) is 32.1 Å². The van der Waals surface area contributed by atoms with E-state index in [1.807, 2.05) is 26.8 Å². The van der Waals surface area contributed by atoms with Gasteiger partial charge in [-0.1, -0.05) is 19.9 Å². The van der Waals surface area contributed by atoms with Gasteiger partial charge in [0.05, 0.1) is 16.6 Å². The molecule has 0 heterocycles. The lowest BCUT2D eigenvalue weighted by atomic mass is 9.83. The quantitative estimate of drug-likeness (QED) is 0.472. The molecule has 0 aliphatic heterocycles. The van der Waals surface area contributed by atoms with Gasteiger partial charge in [0.2, 0.25) is 0 Å². The highest BCUT2D eigenvalue weighted by Crippen LogP contribution is 2.34. The summed E-state index contributed by atoms with van der Waals surface area (Å²) in [6, 6.07) is 6.39. The van der Waals surface area contributed by atoms with Gasteiger partial charge in [-0.05, 0) is 18.4 Å². The van der Waals surface area contributed by atoms with Crippen LogP contribution in [0.5, 0.6) is 0 Å². The van der Waals surface area contributed by atoms with E-state index in [2.05, 4.69) is 0 Å². The molecule has 0 radical (unpaired) electrons. The van der Waals surface area contributed by atoms with Crippen LogP contribution in [0.2, 0.25) is 0 Å². The van der Waals surface area contributed by atoms with Crippen LogP contribution in [0.3, 0.4) is 0 Å². The summed E-state index contributed by atoms with van der Waals surface area (Å²) >= 11 is 6.16. The highest BCUT2D eigenvalue weighted by atomic mass is 35.5. The number of halogens is 1. The number of hydrogen-bond acceptors (Lipinski definition) is 3. The number of rotatable bonds is 4. The zero-order chi connectivity index (χ0) is 13.9. The molecule has 0 aliphatic rings. The topological polar surface area (TPSA) is 66.9 Å². The molecule has 0 N–H and O–H groups in total. The molecular weight excluding hydrogens is 252 g/mol. The lowest BCUT2D eigenvalue weighted by Crippen LogP contribution is -2.17. The smallest absolute Gasteiger partial charge is 0.258 e. The van der Waals surface area contributed by atoms with E-state index < -0.39 is 4.92 Å². The van der Waals surface area contributed by atoms with Crippen molar-refractivity contribution < 1.29 is 4.92 Å². The van der Waals surface area contributed by atoms with E-state index in [-0.39, 0.29) is 22.9 Å². The molecule has 0 bridgehead atoms. The monoisotopic (exact) mass is 266 g/mol. The Bertz CT molecular complexity index is 484. The minimum atomic E-state index is -0.501. The number of hydrogen-bond donors (Lipinski definition) is 0. The van der Waals surface area contributed by atoms with Crippen molar-refractivity contribution >= 4 is 17.3 Å². The summed E-state index contributed by atoms with van der Waals surface area (Å²) < 4.78 is 0. The molecule has 18 heavy (non-hydrogen) atoms. The highest BCUT2D eigenvalue weighted by molar-refractivity contribution is 6.20. The Kier molecular flexibility index (Phi) is 4.69. The van der Waals surface area contributed by atoms with Crippen LogP contribution in [-0.2, 0) is 0 Å². The van der Waals surface area contributed by atoms with Gasteiger partial charge in [-0.15, -0.1) is 11.6 Å². The number of nitriles is 1. The van der Waals surface area contributed by atoms with Crippen LogP contribution in [0.4, 0.5) is 5.69 Å².